The van der Waals surface area contributed by atoms with E-state index in [0.717, 1.165) is 44.8 Å². The van der Waals surface area contributed by atoms with Crippen LogP contribution in [0.4, 0.5) is 5.69 Å². The molecule has 4 heteroatoms. The van der Waals surface area contributed by atoms with Gasteiger partial charge in [0.25, 0.3) is 5.91 Å². The summed E-state index contributed by atoms with van der Waals surface area (Å²) in [4.78, 5) is 17.2. The lowest BCUT2D eigenvalue weighted by Gasteiger charge is -2.37. The smallest absolute Gasteiger partial charge is 0.263 e. The van der Waals surface area contributed by atoms with Crippen molar-refractivity contribution in [3.8, 4) is 5.75 Å². The normalized spacial score (nSPS) is 18.0. The van der Waals surface area contributed by atoms with Crippen molar-refractivity contribution in [2.75, 3.05) is 31.1 Å². The third-order valence-electron chi connectivity index (χ3n) is 5.72. The Morgan fingerprint density at radius 1 is 0.926 bits per heavy atom. The average Bonchev–Trinajstić information content (AvgIpc) is 2.74. The van der Waals surface area contributed by atoms with Crippen LogP contribution in [0, 0.1) is 0 Å². The maximum atomic E-state index is 12.9. The summed E-state index contributed by atoms with van der Waals surface area (Å²) in [6, 6.07) is 16.7. The second-order valence-electron chi connectivity index (χ2n) is 7.51. The van der Waals surface area contributed by atoms with Gasteiger partial charge in [-0.1, -0.05) is 30.3 Å². The molecule has 0 spiro atoms. The van der Waals surface area contributed by atoms with Crippen molar-refractivity contribution in [1.29, 1.82) is 0 Å². The number of nitrogens with zero attached hydrogens (tertiary/aromatic N) is 2. The molecule has 1 aliphatic heterocycles. The van der Waals surface area contributed by atoms with E-state index in [1.165, 1.54) is 29.7 Å². The number of rotatable bonds is 4. The van der Waals surface area contributed by atoms with Gasteiger partial charge in [0, 0.05) is 31.9 Å². The van der Waals surface area contributed by atoms with Crippen LogP contribution in [0.3, 0.4) is 0 Å². The highest BCUT2D eigenvalue weighted by Gasteiger charge is 2.27. The van der Waals surface area contributed by atoms with Crippen molar-refractivity contribution >= 4 is 11.6 Å². The number of aryl methyl sites for hydroxylation is 1. The molecule has 0 aromatic heterocycles. The van der Waals surface area contributed by atoms with E-state index in [-0.39, 0.29) is 5.91 Å². The van der Waals surface area contributed by atoms with Gasteiger partial charge in [-0.25, -0.2) is 0 Å². The fourth-order valence-electron chi connectivity index (χ4n) is 4.18. The minimum atomic E-state index is -0.443. The maximum absolute atomic E-state index is 12.9. The van der Waals surface area contributed by atoms with Gasteiger partial charge >= 0.3 is 0 Å². The van der Waals surface area contributed by atoms with E-state index in [1.807, 2.05) is 24.0 Å². The first-order valence-corrected chi connectivity index (χ1v) is 10.1. The number of anilines is 1. The summed E-state index contributed by atoms with van der Waals surface area (Å²) in [6.07, 6.45) is 4.19. The molecule has 142 valence electrons. The number of carbonyl (C=O) groups excluding carboxylic acids is 1. The van der Waals surface area contributed by atoms with Gasteiger partial charge in [0.05, 0.1) is 0 Å². The Labute approximate surface area is 161 Å². The Balaban J connectivity index is 1.36. The summed E-state index contributed by atoms with van der Waals surface area (Å²) in [5.41, 5.74) is 3.91. The Morgan fingerprint density at radius 2 is 1.67 bits per heavy atom. The van der Waals surface area contributed by atoms with Crippen molar-refractivity contribution < 1.29 is 9.53 Å². The molecule has 1 saturated heterocycles. The topological polar surface area (TPSA) is 32.8 Å². The van der Waals surface area contributed by atoms with Crippen LogP contribution in [0.2, 0.25) is 0 Å². The van der Waals surface area contributed by atoms with E-state index in [9.17, 15) is 4.79 Å². The van der Waals surface area contributed by atoms with E-state index in [0.29, 0.717) is 0 Å². The van der Waals surface area contributed by atoms with Crippen LogP contribution in [0.5, 0.6) is 5.75 Å². The zero-order valence-corrected chi connectivity index (χ0v) is 16.1. The monoisotopic (exact) mass is 364 g/mol. The first-order valence-electron chi connectivity index (χ1n) is 10.1. The van der Waals surface area contributed by atoms with Crippen LogP contribution < -0.4 is 9.64 Å². The molecule has 1 amide bonds. The molecule has 27 heavy (non-hydrogen) atoms. The van der Waals surface area contributed by atoms with Crippen molar-refractivity contribution in [1.82, 2.24) is 4.90 Å². The van der Waals surface area contributed by atoms with Crippen LogP contribution in [-0.2, 0) is 17.6 Å². The van der Waals surface area contributed by atoms with Crippen LogP contribution in [-0.4, -0.2) is 43.1 Å². The Bertz CT molecular complexity index is 782. The molecule has 1 aliphatic carbocycles. The predicted molar refractivity (Wildman–Crippen MR) is 108 cm³/mol. The average molecular weight is 364 g/mol. The molecule has 0 bridgehead atoms. The molecular formula is C23H28N2O2. The maximum Gasteiger partial charge on any atom is 0.263 e. The molecule has 1 fully saturated rings. The molecule has 2 aromatic rings. The van der Waals surface area contributed by atoms with E-state index < -0.39 is 6.10 Å². The fraction of sp³-hybridized carbons (Fsp3) is 0.435. The molecule has 1 heterocycles. The third kappa shape index (κ3) is 3.95. The predicted octanol–water partition coefficient (Wildman–Crippen LogP) is 3.68. The number of fused-ring (bicyclic) bond motifs is 1. The number of piperazine rings is 1. The molecule has 1 unspecified atom stereocenters. The number of hydrogen-bond donors (Lipinski definition) is 0. The van der Waals surface area contributed by atoms with Crippen molar-refractivity contribution in [3.05, 3.63) is 59.7 Å². The minimum absolute atomic E-state index is 0.0936. The summed E-state index contributed by atoms with van der Waals surface area (Å²) in [5.74, 6) is 0.993. The van der Waals surface area contributed by atoms with Gasteiger partial charge < -0.3 is 14.5 Å². The van der Waals surface area contributed by atoms with Crippen LogP contribution >= 0.6 is 0 Å². The van der Waals surface area contributed by atoms with Crippen LogP contribution in [0.1, 0.15) is 30.9 Å². The molecule has 0 N–H and O–H groups in total. The number of para-hydroxylation sites is 1. The lowest BCUT2D eigenvalue weighted by molar-refractivity contribution is -0.138. The molecule has 1 atom stereocenters. The summed E-state index contributed by atoms with van der Waals surface area (Å²) >= 11 is 0. The number of hydrogen-bond acceptors (Lipinski definition) is 3. The zero-order chi connectivity index (χ0) is 18.6. The molecule has 2 aromatic carbocycles. The molecule has 0 radical (unpaired) electrons. The number of benzene rings is 2. The Kier molecular flexibility index (Phi) is 5.33. The van der Waals surface area contributed by atoms with Crippen molar-refractivity contribution in [2.24, 2.45) is 0 Å². The van der Waals surface area contributed by atoms with E-state index >= 15 is 0 Å². The summed E-state index contributed by atoms with van der Waals surface area (Å²) in [6.45, 7) is 5.10. The molecule has 2 aliphatic rings. The van der Waals surface area contributed by atoms with Gasteiger partial charge in [-0.2, -0.15) is 0 Å². The van der Waals surface area contributed by atoms with Gasteiger partial charge in [-0.05, 0) is 61.9 Å². The lowest BCUT2D eigenvalue weighted by Crippen LogP contribution is -2.52. The lowest BCUT2D eigenvalue weighted by atomic mass is 9.91. The third-order valence-corrected chi connectivity index (χ3v) is 5.72. The second kappa shape index (κ2) is 8.03. The van der Waals surface area contributed by atoms with Crippen LogP contribution in [0.15, 0.2) is 48.5 Å². The summed E-state index contributed by atoms with van der Waals surface area (Å²) < 4.78 is 6.13. The molecular weight excluding hydrogens is 336 g/mol. The van der Waals surface area contributed by atoms with Gasteiger partial charge in [-0.15, -0.1) is 0 Å². The second-order valence-corrected chi connectivity index (χ2v) is 7.51. The quantitative estimate of drug-likeness (QED) is 0.830. The summed E-state index contributed by atoms with van der Waals surface area (Å²) in [5, 5.41) is 0. The van der Waals surface area contributed by atoms with Gasteiger partial charge in [0.15, 0.2) is 6.10 Å². The van der Waals surface area contributed by atoms with Gasteiger partial charge in [-0.3, -0.25) is 4.79 Å². The Hall–Kier alpha value is -2.49. The highest BCUT2D eigenvalue weighted by molar-refractivity contribution is 5.81. The first-order chi connectivity index (χ1) is 13.2. The largest absolute Gasteiger partial charge is 0.481 e. The number of amides is 1. The highest BCUT2D eigenvalue weighted by Crippen LogP contribution is 2.30. The van der Waals surface area contributed by atoms with Crippen LogP contribution in [0.25, 0.3) is 0 Å². The zero-order valence-electron chi connectivity index (χ0n) is 16.1. The number of ether oxygens (including phenoxy) is 1. The molecule has 0 saturated carbocycles. The SMILES string of the molecule is CC(Oc1cccc2c1CCCC2)C(=O)N1CCN(c2ccccc2)CC1. The standard InChI is InChI=1S/C23H28N2O2/c1-18(27-22-13-7-9-19-8-5-6-12-21(19)22)23(26)25-16-14-24(15-17-25)20-10-3-2-4-11-20/h2-4,7,9-11,13,18H,5-6,8,12,14-17H2,1H3. The van der Waals surface area contributed by atoms with E-state index in [4.69, 9.17) is 4.74 Å². The van der Waals surface area contributed by atoms with Gasteiger partial charge in [0.2, 0.25) is 0 Å². The fourth-order valence-corrected chi connectivity index (χ4v) is 4.18. The van der Waals surface area contributed by atoms with E-state index in [1.54, 1.807) is 0 Å². The van der Waals surface area contributed by atoms with Crippen molar-refractivity contribution in [3.63, 3.8) is 0 Å². The van der Waals surface area contributed by atoms with Gasteiger partial charge in [0.1, 0.15) is 5.75 Å². The molecule has 4 nitrogen and oxygen atoms in total. The Morgan fingerprint density at radius 3 is 2.44 bits per heavy atom. The van der Waals surface area contributed by atoms with E-state index in [2.05, 4.69) is 41.3 Å². The minimum Gasteiger partial charge on any atom is -0.481 e. The molecule has 4 rings (SSSR count). The summed E-state index contributed by atoms with van der Waals surface area (Å²) in [7, 11) is 0. The first kappa shape index (κ1) is 17.9. The van der Waals surface area contributed by atoms with Crippen molar-refractivity contribution in [2.45, 2.75) is 38.7 Å². The number of carbonyl (C=O) groups is 1. The highest BCUT2D eigenvalue weighted by atomic mass is 16.5.